The van der Waals surface area contributed by atoms with E-state index < -0.39 is 0 Å². The SMILES string of the molecule is CC(C)N1CCc2c(sc3c2C(=O)N[C@@H](c2ccc(OCc4ccccc4)cc2)N3)C1. The summed E-state index contributed by atoms with van der Waals surface area (Å²) in [4.78, 5) is 16.7. The van der Waals surface area contributed by atoms with Gasteiger partial charge < -0.3 is 15.4 Å². The molecule has 160 valence electrons. The van der Waals surface area contributed by atoms with E-state index in [9.17, 15) is 4.79 Å². The Balaban J connectivity index is 1.29. The quantitative estimate of drug-likeness (QED) is 0.598. The summed E-state index contributed by atoms with van der Waals surface area (Å²) in [6.07, 6.45) is 0.705. The first-order chi connectivity index (χ1) is 15.1. The molecule has 5 rings (SSSR count). The summed E-state index contributed by atoms with van der Waals surface area (Å²) >= 11 is 1.73. The number of amides is 1. The zero-order valence-corrected chi connectivity index (χ0v) is 18.7. The van der Waals surface area contributed by atoms with E-state index in [1.807, 2.05) is 42.5 Å². The van der Waals surface area contributed by atoms with Crippen molar-refractivity contribution in [2.75, 3.05) is 11.9 Å². The smallest absolute Gasteiger partial charge is 0.256 e. The van der Waals surface area contributed by atoms with Crippen LogP contribution in [0.2, 0.25) is 0 Å². The van der Waals surface area contributed by atoms with Gasteiger partial charge in [-0.25, -0.2) is 0 Å². The molecule has 2 aliphatic heterocycles. The molecule has 3 heterocycles. The predicted octanol–water partition coefficient (Wildman–Crippen LogP) is 4.95. The van der Waals surface area contributed by atoms with Crippen LogP contribution in [0.15, 0.2) is 54.6 Å². The minimum Gasteiger partial charge on any atom is -0.489 e. The summed E-state index contributed by atoms with van der Waals surface area (Å²) < 4.78 is 5.89. The summed E-state index contributed by atoms with van der Waals surface area (Å²) in [6.45, 7) is 6.93. The molecule has 0 saturated carbocycles. The third-order valence-electron chi connectivity index (χ3n) is 6.06. The molecule has 1 atom stereocenters. The maximum atomic E-state index is 13.0. The molecule has 5 nitrogen and oxygen atoms in total. The molecule has 3 aromatic rings. The number of fused-ring (bicyclic) bond motifs is 3. The average Bonchev–Trinajstić information content (AvgIpc) is 3.17. The number of carbonyl (C=O) groups is 1. The van der Waals surface area contributed by atoms with Gasteiger partial charge in [-0.3, -0.25) is 9.69 Å². The summed E-state index contributed by atoms with van der Waals surface area (Å²) in [7, 11) is 0. The van der Waals surface area contributed by atoms with Crippen LogP contribution in [0.4, 0.5) is 5.00 Å². The second-order valence-corrected chi connectivity index (χ2v) is 9.52. The highest BCUT2D eigenvalue weighted by atomic mass is 32.1. The Morgan fingerprint density at radius 1 is 1.10 bits per heavy atom. The summed E-state index contributed by atoms with van der Waals surface area (Å²) in [5.74, 6) is 0.842. The van der Waals surface area contributed by atoms with E-state index in [0.717, 1.165) is 47.0 Å². The summed E-state index contributed by atoms with van der Waals surface area (Å²) in [6, 6.07) is 18.6. The number of rotatable bonds is 5. The molecule has 2 aliphatic rings. The van der Waals surface area contributed by atoms with Crippen molar-refractivity contribution < 1.29 is 9.53 Å². The number of hydrogen-bond acceptors (Lipinski definition) is 5. The molecule has 0 fully saturated rings. The van der Waals surface area contributed by atoms with E-state index in [2.05, 4.69) is 41.5 Å². The fourth-order valence-electron chi connectivity index (χ4n) is 4.24. The van der Waals surface area contributed by atoms with Crippen molar-refractivity contribution in [2.24, 2.45) is 0 Å². The minimum absolute atomic E-state index is 0.0265. The lowest BCUT2D eigenvalue weighted by Gasteiger charge is -2.31. The number of hydrogen-bond donors (Lipinski definition) is 2. The van der Waals surface area contributed by atoms with Gasteiger partial charge in [-0.2, -0.15) is 0 Å². The number of nitrogens with one attached hydrogen (secondary N) is 2. The first-order valence-corrected chi connectivity index (χ1v) is 11.6. The van der Waals surface area contributed by atoms with E-state index in [0.29, 0.717) is 12.6 Å². The molecule has 1 aromatic heterocycles. The van der Waals surface area contributed by atoms with Gasteiger partial charge in [-0.1, -0.05) is 42.5 Å². The van der Waals surface area contributed by atoms with Crippen molar-refractivity contribution in [3.63, 3.8) is 0 Å². The Morgan fingerprint density at radius 3 is 2.61 bits per heavy atom. The van der Waals surface area contributed by atoms with Gasteiger partial charge in [-0.15, -0.1) is 11.3 Å². The van der Waals surface area contributed by atoms with E-state index in [4.69, 9.17) is 4.74 Å². The minimum atomic E-state index is -0.232. The fraction of sp³-hybridized carbons (Fsp3) is 0.320. The number of nitrogens with zero attached hydrogens (tertiary/aromatic N) is 1. The van der Waals surface area contributed by atoms with Gasteiger partial charge in [0.25, 0.3) is 5.91 Å². The van der Waals surface area contributed by atoms with Crippen LogP contribution < -0.4 is 15.4 Å². The van der Waals surface area contributed by atoms with E-state index in [1.54, 1.807) is 11.3 Å². The van der Waals surface area contributed by atoms with Gasteiger partial charge in [0.1, 0.15) is 23.5 Å². The van der Waals surface area contributed by atoms with Gasteiger partial charge in [0, 0.05) is 24.0 Å². The van der Waals surface area contributed by atoms with Crippen LogP contribution in [0.1, 0.15) is 51.9 Å². The summed E-state index contributed by atoms with van der Waals surface area (Å²) in [5, 5.41) is 7.68. The van der Waals surface area contributed by atoms with Crippen molar-refractivity contribution in [2.45, 2.75) is 45.6 Å². The van der Waals surface area contributed by atoms with E-state index in [-0.39, 0.29) is 12.1 Å². The zero-order valence-electron chi connectivity index (χ0n) is 17.9. The number of thiophene rings is 1. The Bertz CT molecular complexity index is 1080. The normalized spacial score (nSPS) is 18.2. The number of benzene rings is 2. The van der Waals surface area contributed by atoms with Crippen LogP contribution in [-0.2, 0) is 19.6 Å². The van der Waals surface area contributed by atoms with Gasteiger partial charge >= 0.3 is 0 Å². The van der Waals surface area contributed by atoms with Gasteiger partial charge in [0.2, 0.25) is 0 Å². The van der Waals surface area contributed by atoms with Crippen LogP contribution in [0.3, 0.4) is 0 Å². The second kappa shape index (κ2) is 8.36. The molecule has 1 amide bonds. The summed E-state index contributed by atoms with van der Waals surface area (Å²) in [5.41, 5.74) is 4.23. The van der Waals surface area contributed by atoms with E-state index in [1.165, 1.54) is 10.4 Å². The molecule has 0 bridgehead atoms. The lowest BCUT2D eigenvalue weighted by Crippen LogP contribution is -2.39. The second-order valence-electron chi connectivity index (χ2n) is 8.42. The van der Waals surface area contributed by atoms with Crippen LogP contribution in [0.5, 0.6) is 5.75 Å². The van der Waals surface area contributed by atoms with Crippen molar-refractivity contribution in [3.05, 3.63) is 81.7 Å². The maximum Gasteiger partial charge on any atom is 0.256 e. The Labute approximate surface area is 187 Å². The van der Waals surface area contributed by atoms with Crippen LogP contribution in [-0.4, -0.2) is 23.4 Å². The van der Waals surface area contributed by atoms with Crippen molar-refractivity contribution in [1.29, 1.82) is 0 Å². The highest BCUT2D eigenvalue weighted by Crippen LogP contribution is 2.41. The van der Waals surface area contributed by atoms with Crippen LogP contribution >= 0.6 is 11.3 Å². The molecular weight excluding hydrogens is 406 g/mol. The molecular formula is C25H27N3O2S. The lowest BCUT2D eigenvalue weighted by molar-refractivity contribution is 0.0934. The zero-order chi connectivity index (χ0) is 21.4. The van der Waals surface area contributed by atoms with E-state index >= 15 is 0 Å². The Hall–Kier alpha value is -2.83. The fourth-order valence-corrected chi connectivity index (χ4v) is 5.54. The van der Waals surface area contributed by atoms with Crippen LogP contribution in [0, 0.1) is 0 Å². The standard InChI is InChI=1S/C25H27N3O2S/c1-16(2)28-13-12-20-21(14-28)31-25-22(20)24(29)26-23(27-25)18-8-10-19(11-9-18)30-15-17-6-4-3-5-7-17/h3-11,16,23,27H,12-15H2,1-2H3,(H,26,29)/t23-/m1/s1. The van der Waals surface area contributed by atoms with Gasteiger partial charge in [-0.05, 0) is 49.1 Å². The highest BCUT2D eigenvalue weighted by molar-refractivity contribution is 7.16. The monoisotopic (exact) mass is 433 g/mol. The Kier molecular flexibility index (Phi) is 5.42. The van der Waals surface area contributed by atoms with Crippen molar-refractivity contribution in [1.82, 2.24) is 10.2 Å². The topological polar surface area (TPSA) is 53.6 Å². The van der Waals surface area contributed by atoms with Crippen molar-refractivity contribution in [3.8, 4) is 5.75 Å². The predicted molar refractivity (Wildman–Crippen MR) is 125 cm³/mol. The molecule has 0 radical (unpaired) electrons. The highest BCUT2D eigenvalue weighted by Gasteiger charge is 2.33. The average molecular weight is 434 g/mol. The molecule has 0 unspecified atom stereocenters. The first kappa shape index (κ1) is 20.1. The van der Waals surface area contributed by atoms with Crippen molar-refractivity contribution >= 4 is 22.2 Å². The molecule has 2 N–H and O–H groups in total. The molecule has 31 heavy (non-hydrogen) atoms. The molecule has 2 aromatic carbocycles. The lowest BCUT2D eigenvalue weighted by atomic mass is 9.99. The molecule has 0 spiro atoms. The van der Waals surface area contributed by atoms with Gasteiger partial charge in [0.15, 0.2) is 0 Å². The largest absolute Gasteiger partial charge is 0.489 e. The molecule has 0 aliphatic carbocycles. The maximum absolute atomic E-state index is 13.0. The Morgan fingerprint density at radius 2 is 1.87 bits per heavy atom. The third-order valence-corrected chi connectivity index (χ3v) is 7.20. The van der Waals surface area contributed by atoms with Gasteiger partial charge in [0.05, 0.1) is 5.56 Å². The number of ether oxygens (including phenoxy) is 1. The number of anilines is 1. The number of carbonyl (C=O) groups excluding carboxylic acids is 1. The first-order valence-electron chi connectivity index (χ1n) is 10.8. The molecule has 6 heteroatoms. The van der Waals surface area contributed by atoms with Crippen LogP contribution in [0.25, 0.3) is 0 Å². The third kappa shape index (κ3) is 4.05. The molecule has 0 saturated heterocycles.